The number of hydrogen-bond acceptors (Lipinski definition) is 8. The van der Waals surface area contributed by atoms with Crippen LogP contribution in [0.25, 0.3) is 0 Å². The van der Waals surface area contributed by atoms with Crippen LogP contribution in [-0.2, 0) is 41.7 Å². The normalized spacial score (nSPS) is 16.5. The van der Waals surface area contributed by atoms with E-state index in [2.05, 4.69) is 31.2 Å². The van der Waals surface area contributed by atoms with Gasteiger partial charge in [-0.3, -0.25) is 14.4 Å². The van der Waals surface area contributed by atoms with E-state index in [1.165, 1.54) is 24.7 Å². The number of H-pyrrole nitrogens is 1. The van der Waals surface area contributed by atoms with Crippen LogP contribution in [0.15, 0.2) is 55.0 Å². The van der Waals surface area contributed by atoms with Gasteiger partial charge in [-0.1, -0.05) is 50.3 Å². The van der Waals surface area contributed by atoms with Gasteiger partial charge in [0.15, 0.2) is 0 Å². The Morgan fingerprint density at radius 3 is 2.43 bits per heavy atom. The first-order valence-corrected chi connectivity index (χ1v) is 14.8. The second kappa shape index (κ2) is 17.4. The Bertz CT molecular complexity index is 1270. The van der Waals surface area contributed by atoms with Gasteiger partial charge in [-0.25, -0.2) is 14.6 Å². The van der Waals surface area contributed by atoms with Gasteiger partial charge in [0.05, 0.1) is 12.9 Å². The number of alkyl carbamates (subject to hydrolysis) is 1. The molecule has 2 heterocycles. The van der Waals surface area contributed by atoms with Crippen LogP contribution < -0.4 is 21.3 Å². The van der Waals surface area contributed by atoms with Crippen LogP contribution in [-0.4, -0.2) is 71.0 Å². The number of amides is 4. The summed E-state index contributed by atoms with van der Waals surface area (Å²) in [5.41, 5.74) is 1.38. The average Bonchev–Trinajstić information content (AvgIpc) is 3.66. The van der Waals surface area contributed by atoms with E-state index in [0.29, 0.717) is 25.1 Å². The molecule has 1 aromatic carbocycles. The van der Waals surface area contributed by atoms with Crippen molar-refractivity contribution in [2.45, 2.75) is 71.2 Å². The van der Waals surface area contributed by atoms with E-state index in [0.717, 1.165) is 5.56 Å². The third-order valence-electron chi connectivity index (χ3n) is 6.92. The molecular formula is C31H42N6O7. The SMILES string of the molecule is CCOC(=O)C=C[C@H](C[C@@H]1CCNC1=O)NC(=O)[C@H](CC(C)C)NC(=O)[C@H](Cc1cnc[nH]1)NC(=O)OCc1ccccc1. The third kappa shape index (κ3) is 11.5. The van der Waals surface area contributed by atoms with E-state index in [1.54, 1.807) is 6.92 Å². The van der Waals surface area contributed by atoms with Gasteiger partial charge in [0.1, 0.15) is 18.7 Å². The zero-order chi connectivity index (χ0) is 31.9. The minimum absolute atomic E-state index is 0.0170. The van der Waals surface area contributed by atoms with Gasteiger partial charge in [-0.05, 0) is 37.7 Å². The number of carbonyl (C=O) groups excluding carboxylic acids is 5. The monoisotopic (exact) mass is 610 g/mol. The van der Waals surface area contributed by atoms with Crippen molar-refractivity contribution in [2.75, 3.05) is 13.2 Å². The van der Waals surface area contributed by atoms with Crippen molar-refractivity contribution in [2.24, 2.45) is 11.8 Å². The lowest BCUT2D eigenvalue weighted by molar-refractivity contribution is -0.137. The van der Waals surface area contributed by atoms with E-state index in [-0.39, 0.29) is 43.8 Å². The summed E-state index contributed by atoms with van der Waals surface area (Å²) in [5.74, 6) is -2.08. The number of imidazole rings is 1. The van der Waals surface area contributed by atoms with Crippen LogP contribution in [0.4, 0.5) is 4.79 Å². The summed E-state index contributed by atoms with van der Waals surface area (Å²) in [5, 5.41) is 11.0. The fourth-order valence-electron chi connectivity index (χ4n) is 4.74. The third-order valence-corrected chi connectivity index (χ3v) is 6.92. The lowest BCUT2D eigenvalue weighted by atomic mass is 9.96. The summed E-state index contributed by atoms with van der Waals surface area (Å²) in [7, 11) is 0. The van der Waals surface area contributed by atoms with E-state index in [4.69, 9.17) is 9.47 Å². The largest absolute Gasteiger partial charge is 0.463 e. The van der Waals surface area contributed by atoms with Crippen LogP contribution in [0.3, 0.4) is 0 Å². The maximum absolute atomic E-state index is 13.6. The summed E-state index contributed by atoms with van der Waals surface area (Å²) in [6.07, 6.45) is 6.17. The van der Waals surface area contributed by atoms with E-state index < -0.39 is 42.0 Å². The fraction of sp³-hybridized carbons (Fsp3) is 0.484. The lowest BCUT2D eigenvalue weighted by Crippen LogP contribution is -2.55. The molecule has 4 atom stereocenters. The van der Waals surface area contributed by atoms with Gasteiger partial charge >= 0.3 is 12.1 Å². The van der Waals surface area contributed by atoms with Crippen LogP contribution in [0.2, 0.25) is 0 Å². The summed E-state index contributed by atoms with van der Waals surface area (Å²) in [6, 6.07) is 6.40. The van der Waals surface area contributed by atoms with E-state index in [9.17, 15) is 24.0 Å². The van der Waals surface area contributed by atoms with Gasteiger partial charge in [-0.2, -0.15) is 0 Å². The highest BCUT2D eigenvalue weighted by Crippen LogP contribution is 2.17. The Morgan fingerprint density at radius 2 is 1.80 bits per heavy atom. The molecule has 238 valence electrons. The van der Waals surface area contributed by atoms with Crippen LogP contribution >= 0.6 is 0 Å². The molecule has 1 saturated heterocycles. The highest BCUT2D eigenvalue weighted by atomic mass is 16.5. The smallest absolute Gasteiger partial charge is 0.408 e. The summed E-state index contributed by atoms with van der Waals surface area (Å²) >= 11 is 0. The Kier molecular flexibility index (Phi) is 13.4. The molecule has 0 aliphatic carbocycles. The van der Waals surface area contributed by atoms with Crippen molar-refractivity contribution in [3.05, 3.63) is 66.3 Å². The molecule has 13 nitrogen and oxygen atoms in total. The number of aromatic nitrogens is 2. The van der Waals surface area contributed by atoms with Gasteiger partial charge in [0.2, 0.25) is 17.7 Å². The van der Waals surface area contributed by atoms with Crippen LogP contribution in [0.1, 0.15) is 51.3 Å². The minimum atomic E-state index is -1.08. The molecule has 2 aromatic rings. The molecule has 0 saturated carbocycles. The molecule has 0 radical (unpaired) electrons. The summed E-state index contributed by atoms with van der Waals surface area (Å²) in [4.78, 5) is 70.9. The molecule has 1 aromatic heterocycles. The lowest BCUT2D eigenvalue weighted by Gasteiger charge is -2.26. The van der Waals surface area contributed by atoms with Crippen molar-refractivity contribution in [3.63, 3.8) is 0 Å². The quantitative estimate of drug-likeness (QED) is 0.141. The highest BCUT2D eigenvalue weighted by molar-refractivity contribution is 5.92. The van der Waals surface area contributed by atoms with Crippen molar-refractivity contribution in [1.29, 1.82) is 0 Å². The summed E-state index contributed by atoms with van der Waals surface area (Å²) in [6.45, 7) is 6.26. The van der Waals surface area contributed by atoms with Gasteiger partial charge in [0, 0.05) is 42.9 Å². The first-order chi connectivity index (χ1) is 21.1. The minimum Gasteiger partial charge on any atom is -0.463 e. The molecule has 1 aliphatic rings. The topological polar surface area (TPSA) is 181 Å². The number of benzene rings is 1. The molecule has 1 aliphatic heterocycles. The average molecular weight is 611 g/mol. The molecule has 0 bridgehead atoms. The maximum Gasteiger partial charge on any atom is 0.408 e. The predicted molar refractivity (Wildman–Crippen MR) is 161 cm³/mol. The Morgan fingerprint density at radius 1 is 1.05 bits per heavy atom. The molecule has 0 spiro atoms. The number of nitrogens with one attached hydrogen (secondary N) is 5. The molecule has 44 heavy (non-hydrogen) atoms. The molecule has 13 heteroatoms. The second-order valence-electron chi connectivity index (χ2n) is 11.0. The number of aromatic amines is 1. The number of rotatable bonds is 16. The zero-order valence-electron chi connectivity index (χ0n) is 25.3. The fourth-order valence-corrected chi connectivity index (χ4v) is 4.74. The molecule has 5 N–H and O–H groups in total. The second-order valence-corrected chi connectivity index (χ2v) is 11.0. The van der Waals surface area contributed by atoms with Crippen molar-refractivity contribution in [3.8, 4) is 0 Å². The Hall–Kier alpha value is -4.68. The zero-order valence-corrected chi connectivity index (χ0v) is 25.3. The van der Waals surface area contributed by atoms with E-state index in [1.807, 2.05) is 44.2 Å². The Balaban J connectivity index is 1.72. The number of ether oxygens (including phenoxy) is 2. The van der Waals surface area contributed by atoms with Gasteiger partial charge < -0.3 is 35.7 Å². The number of carbonyl (C=O) groups is 5. The van der Waals surface area contributed by atoms with E-state index >= 15 is 0 Å². The van der Waals surface area contributed by atoms with Crippen LogP contribution in [0, 0.1) is 11.8 Å². The number of nitrogens with zero attached hydrogens (tertiary/aromatic N) is 1. The van der Waals surface area contributed by atoms with Crippen molar-refractivity contribution in [1.82, 2.24) is 31.2 Å². The Labute approximate surface area is 256 Å². The predicted octanol–water partition coefficient (Wildman–Crippen LogP) is 1.91. The van der Waals surface area contributed by atoms with Gasteiger partial charge in [-0.15, -0.1) is 0 Å². The molecule has 3 rings (SSSR count). The number of hydrogen-bond donors (Lipinski definition) is 5. The van der Waals surface area contributed by atoms with Crippen molar-refractivity contribution >= 4 is 29.8 Å². The number of esters is 1. The van der Waals surface area contributed by atoms with Crippen LogP contribution in [0.5, 0.6) is 0 Å². The molecule has 4 amide bonds. The summed E-state index contributed by atoms with van der Waals surface area (Å²) < 4.78 is 10.3. The van der Waals surface area contributed by atoms with Gasteiger partial charge in [0.25, 0.3) is 0 Å². The van der Waals surface area contributed by atoms with Crippen molar-refractivity contribution < 1.29 is 33.4 Å². The highest BCUT2D eigenvalue weighted by Gasteiger charge is 2.31. The first kappa shape index (κ1) is 33.8. The maximum atomic E-state index is 13.6. The first-order valence-electron chi connectivity index (χ1n) is 14.8. The molecule has 1 fully saturated rings. The molecule has 0 unspecified atom stereocenters. The molecular weight excluding hydrogens is 568 g/mol. The standard InChI is InChI=1S/C31H42N6O7/c1-4-43-27(38)11-10-23(15-22-12-13-33-28(22)39)35-29(40)25(14-20(2)3)36-30(41)26(16-24-17-32-19-34-24)37-31(42)44-18-21-8-6-5-7-9-21/h5-11,17,19-20,22-23,25-26H,4,12-16,18H2,1-3H3,(H,32,34)(H,33,39)(H,35,40)(H,36,41)(H,37,42)/t22-,23+,25-,26-/m0/s1.